The predicted molar refractivity (Wildman–Crippen MR) is 113 cm³/mol. The quantitative estimate of drug-likeness (QED) is 0.619. The molecular formula is C22H25F3N4O4. The highest BCUT2D eigenvalue weighted by Gasteiger charge is 2.33. The molecule has 4 rings (SSSR count). The molecule has 0 spiro atoms. The standard InChI is InChI=1S/C22H25F3N4O4/c23-22(24,25)12-28-17-7-18(21(31)29-5-6-32-10-13(30)9-29)27-8-15(17)20(26)16-11-33-19-4-2-1-3-14(16)19/h1-4,7-8,13,16,20,30H,5-6,9-12,26H2,(H,27,28). The van der Waals surface area contributed by atoms with Crippen LogP contribution in [0.5, 0.6) is 5.75 Å². The molecule has 0 aliphatic carbocycles. The summed E-state index contributed by atoms with van der Waals surface area (Å²) in [7, 11) is 0. The van der Waals surface area contributed by atoms with Gasteiger partial charge < -0.3 is 30.5 Å². The Morgan fingerprint density at radius 1 is 1.33 bits per heavy atom. The molecule has 8 nitrogen and oxygen atoms in total. The van der Waals surface area contributed by atoms with E-state index in [1.165, 1.54) is 17.2 Å². The number of benzene rings is 1. The van der Waals surface area contributed by atoms with E-state index >= 15 is 0 Å². The Morgan fingerprint density at radius 2 is 2.12 bits per heavy atom. The minimum Gasteiger partial charge on any atom is -0.493 e. The largest absolute Gasteiger partial charge is 0.493 e. The second-order valence-electron chi connectivity index (χ2n) is 8.09. The number of aliphatic hydroxyl groups excluding tert-OH is 1. The van der Waals surface area contributed by atoms with Gasteiger partial charge in [-0.1, -0.05) is 18.2 Å². The number of pyridine rings is 1. The molecule has 2 aliphatic rings. The van der Waals surface area contributed by atoms with Crippen molar-refractivity contribution < 1.29 is 32.5 Å². The van der Waals surface area contributed by atoms with E-state index in [0.717, 1.165) is 5.56 Å². The van der Waals surface area contributed by atoms with Crippen LogP contribution in [0.1, 0.15) is 33.6 Å². The summed E-state index contributed by atoms with van der Waals surface area (Å²) in [5.74, 6) is -0.109. The van der Waals surface area contributed by atoms with Crippen LogP contribution >= 0.6 is 0 Å². The van der Waals surface area contributed by atoms with Crippen LogP contribution in [0, 0.1) is 0 Å². The zero-order chi connectivity index (χ0) is 23.6. The van der Waals surface area contributed by atoms with Crippen LogP contribution < -0.4 is 15.8 Å². The molecule has 3 unspecified atom stereocenters. The third kappa shape index (κ3) is 5.37. The summed E-state index contributed by atoms with van der Waals surface area (Å²) in [5.41, 5.74) is 7.72. The molecular weight excluding hydrogens is 441 g/mol. The number of hydrogen-bond donors (Lipinski definition) is 3. The van der Waals surface area contributed by atoms with Gasteiger partial charge in [-0.25, -0.2) is 0 Å². The highest BCUT2D eigenvalue weighted by molar-refractivity contribution is 5.93. The van der Waals surface area contributed by atoms with Crippen molar-refractivity contribution >= 4 is 11.6 Å². The Kier molecular flexibility index (Phi) is 6.73. The van der Waals surface area contributed by atoms with Gasteiger partial charge in [-0.3, -0.25) is 9.78 Å². The number of carbonyl (C=O) groups excluding carboxylic acids is 1. The van der Waals surface area contributed by atoms with E-state index in [1.807, 2.05) is 24.3 Å². The lowest BCUT2D eigenvalue weighted by Crippen LogP contribution is -2.38. The number of alkyl halides is 3. The van der Waals surface area contributed by atoms with Crippen LogP contribution in [0.3, 0.4) is 0 Å². The van der Waals surface area contributed by atoms with Gasteiger partial charge in [0, 0.05) is 48.1 Å². The van der Waals surface area contributed by atoms with Gasteiger partial charge >= 0.3 is 6.18 Å². The van der Waals surface area contributed by atoms with Crippen molar-refractivity contribution in [3.63, 3.8) is 0 Å². The number of aliphatic hydroxyl groups is 1. The molecule has 0 bridgehead atoms. The molecule has 2 aromatic rings. The lowest BCUT2D eigenvalue weighted by atomic mass is 9.89. The number of hydrogen-bond acceptors (Lipinski definition) is 7. The van der Waals surface area contributed by atoms with E-state index in [0.29, 0.717) is 11.3 Å². The SMILES string of the molecule is NC(c1cnc(C(=O)N2CCOCC(O)C2)cc1NCC(F)(F)F)C1COc2ccccc21. The number of rotatable bonds is 5. The lowest BCUT2D eigenvalue weighted by molar-refractivity contribution is -0.115. The Labute approximate surface area is 188 Å². The summed E-state index contributed by atoms with van der Waals surface area (Å²) < 4.78 is 49.8. The highest BCUT2D eigenvalue weighted by atomic mass is 19.4. The third-order valence-electron chi connectivity index (χ3n) is 5.70. The molecule has 11 heteroatoms. The number of β-amino-alcohol motifs (C(OH)–C–C–N with tert-alkyl or cyclic N) is 1. The number of nitrogens with zero attached hydrogens (tertiary/aromatic N) is 2. The maximum absolute atomic E-state index is 13.0. The third-order valence-corrected chi connectivity index (χ3v) is 5.70. The first kappa shape index (κ1) is 23.3. The molecule has 1 saturated heterocycles. The summed E-state index contributed by atoms with van der Waals surface area (Å²) in [5, 5.41) is 12.3. The van der Waals surface area contributed by atoms with Gasteiger partial charge in [0.05, 0.1) is 25.9 Å². The topological polar surface area (TPSA) is 110 Å². The maximum Gasteiger partial charge on any atom is 0.405 e. The number of halogens is 3. The fourth-order valence-electron chi connectivity index (χ4n) is 4.04. The molecule has 1 aromatic heterocycles. The monoisotopic (exact) mass is 466 g/mol. The molecule has 0 saturated carbocycles. The number of amides is 1. The Bertz CT molecular complexity index is 1000. The van der Waals surface area contributed by atoms with Gasteiger partial charge in [0.15, 0.2) is 0 Å². The maximum atomic E-state index is 13.0. The molecule has 178 valence electrons. The van der Waals surface area contributed by atoms with Crippen molar-refractivity contribution in [3.8, 4) is 5.75 Å². The van der Waals surface area contributed by atoms with Crippen LogP contribution in [-0.2, 0) is 4.74 Å². The summed E-state index contributed by atoms with van der Waals surface area (Å²) in [6.45, 7) is -0.381. The Balaban J connectivity index is 1.63. The van der Waals surface area contributed by atoms with Crippen LogP contribution in [0.15, 0.2) is 36.5 Å². The number of ether oxygens (including phenoxy) is 2. The minimum absolute atomic E-state index is 0.0449. The van der Waals surface area contributed by atoms with Crippen LogP contribution in [0.25, 0.3) is 0 Å². The molecule has 1 amide bonds. The van der Waals surface area contributed by atoms with E-state index in [4.69, 9.17) is 15.2 Å². The second-order valence-corrected chi connectivity index (χ2v) is 8.09. The summed E-state index contributed by atoms with van der Waals surface area (Å²) in [6, 6.07) is 7.92. The summed E-state index contributed by atoms with van der Waals surface area (Å²) >= 11 is 0. The minimum atomic E-state index is -4.47. The van der Waals surface area contributed by atoms with Gasteiger partial charge in [-0.05, 0) is 12.1 Å². The molecule has 2 aliphatic heterocycles. The highest BCUT2D eigenvalue weighted by Crippen LogP contribution is 2.41. The molecule has 0 radical (unpaired) electrons. The average Bonchev–Trinajstić information content (AvgIpc) is 3.10. The number of fused-ring (bicyclic) bond motifs is 1. The molecule has 1 fully saturated rings. The van der Waals surface area contributed by atoms with Crippen LogP contribution in [0.2, 0.25) is 0 Å². The first-order valence-electron chi connectivity index (χ1n) is 10.6. The van der Waals surface area contributed by atoms with Gasteiger partial charge in [0.25, 0.3) is 5.91 Å². The molecule has 3 heterocycles. The van der Waals surface area contributed by atoms with Crippen molar-refractivity contribution in [2.75, 3.05) is 44.8 Å². The van der Waals surface area contributed by atoms with Gasteiger partial charge in [0.2, 0.25) is 0 Å². The van der Waals surface area contributed by atoms with Crippen molar-refractivity contribution in [2.45, 2.75) is 24.2 Å². The number of carbonyl (C=O) groups is 1. The zero-order valence-corrected chi connectivity index (χ0v) is 17.7. The van der Waals surface area contributed by atoms with E-state index in [9.17, 15) is 23.1 Å². The first-order chi connectivity index (χ1) is 15.7. The van der Waals surface area contributed by atoms with E-state index in [1.54, 1.807) is 0 Å². The molecule has 3 atom stereocenters. The molecule has 4 N–H and O–H groups in total. The number of nitrogens with two attached hydrogens (primary N) is 1. The average molecular weight is 466 g/mol. The van der Waals surface area contributed by atoms with E-state index < -0.39 is 30.8 Å². The van der Waals surface area contributed by atoms with Crippen LogP contribution in [-0.4, -0.2) is 72.6 Å². The molecule has 1 aromatic carbocycles. The van der Waals surface area contributed by atoms with E-state index in [2.05, 4.69) is 10.3 Å². The van der Waals surface area contributed by atoms with Crippen molar-refractivity contribution in [1.82, 2.24) is 9.88 Å². The number of aromatic nitrogens is 1. The number of anilines is 1. The second kappa shape index (κ2) is 9.54. The number of para-hydroxylation sites is 1. The fraction of sp³-hybridized carbons (Fsp3) is 0.455. The zero-order valence-electron chi connectivity index (χ0n) is 17.7. The Morgan fingerprint density at radius 3 is 2.91 bits per heavy atom. The normalized spacial score (nSPS) is 21.7. The summed E-state index contributed by atoms with van der Waals surface area (Å²) in [6.07, 6.45) is -3.98. The first-order valence-corrected chi connectivity index (χ1v) is 10.6. The summed E-state index contributed by atoms with van der Waals surface area (Å²) in [4.78, 5) is 18.5. The fourth-order valence-corrected chi connectivity index (χ4v) is 4.04. The van der Waals surface area contributed by atoms with Crippen molar-refractivity contribution in [3.05, 3.63) is 53.3 Å². The van der Waals surface area contributed by atoms with Gasteiger partial charge in [-0.2, -0.15) is 13.2 Å². The number of nitrogens with one attached hydrogen (secondary N) is 1. The lowest BCUT2D eigenvalue weighted by Gasteiger charge is -2.24. The smallest absolute Gasteiger partial charge is 0.405 e. The van der Waals surface area contributed by atoms with Gasteiger partial charge in [0.1, 0.15) is 18.0 Å². The predicted octanol–water partition coefficient (Wildman–Crippen LogP) is 2.07. The van der Waals surface area contributed by atoms with Gasteiger partial charge in [-0.15, -0.1) is 0 Å². The van der Waals surface area contributed by atoms with Crippen molar-refractivity contribution in [2.24, 2.45) is 5.73 Å². The van der Waals surface area contributed by atoms with E-state index in [-0.39, 0.29) is 50.2 Å². The van der Waals surface area contributed by atoms with Crippen molar-refractivity contribution in [1.29, 1.82) is 0 Å². The Hall–Kier alpha value is -2.89. The van der Waals surface area contributed by atoms with Crippen LogP contribution in [0.4, 0.5) is 18.9 Å². The molecule has 33 heavy (non-hydrogen) atoms.